The molecule has 1 heterocycles. The summed E-state index contributed by atoms with van der Waals surface area (Å²) in [4.78, 5) is 0. The highest BCUT2D eigenvalue weighted by Crippen LogP contribution is 2.31. The van der Waals surface area contributed by atoms with Gasteiger partial charge in [0, 0.05) is 28.4 Å². The molecule has 0 N–H and O–H groups in total. The highest BCUT2D eigenvalue weighted by atomic mass is 15.0. The maximum Gasteiger partial charge on any atom is 0.0491 e. The Morgan fingerprint density at radius 3 is 1.45 bits per heavy atom. The largest absolute Gasteiger partial charge is 0.340 e. The molecule has 0 spiro atoms. The van der Waals surface area contributed by atoms with E-state index >= 15 is 0 Å². The van der Waals surface area contributed by atoms with E-state index in [2.05, 4.69) is 61.0 Å². The summed E-state index contributed by atoms with van der Waals surface area (Å²) in [6.07, 6.45) is 20.6. The van der Waals surface area contributed by atoms with Crippen LogP contribution in [-0.4, -0.2) is 4.57 Å². The first-order chi connectivity index (χ1) is 15.3. The van der Waals surface area contributed by atoms with E-state index in [4.69, 9.17) is 0 Å². The number of unbranched alkanes of at least 4 members (excludes halogenated alkanes) is 11. The number of rotatable bonds is 15. The predicted molar refractivity (Wildman–Crippen MR) is 141 cm³/mol. The van der Waals surface area contributed by atoms with Gasteiger partial charge in [0.05, 0.1) is 0 Å². The van der Waals surface area contributed by atoms with Crippen LogP contribution < -0.4 is 0 Å². The molecule has 0 saturated carbocycles. The fourth-order valence-electron chi connectivity index (χ4n) is 4.75. The Kier molecular flexibility index (Phi) is 9.46. The van der Waals surface area contributed by atoms with Crippen LogP contribution in [0.2, 0.25) is 0 Å². The average Bonchev–Trinajstić information content (AvgIpc) is 3.11. The molecule has 1 heteroatoms. The fourth-order valence-corrected chi connectivity index (χ4v) is 4.75. The van der Waals surface area contributed by atoms with Crippen LogP contribution in [0.25, 0.3) is 34.0 Å². The van der Waals surface area contributed by atoms with E-state index in [9.17, 15) is 0 Å². The molecule has 0 aliphatic rings. The van der Waals surface area contributed by atoms with Crippen molar-refractivity contribution in [3.05, 3.63) is 60.7 Å². The molecule has 0 radical (unpaired) electrons. The third kappa shape index (κ3) is 6.35. The van der Waals surface area contributed by atoms with E-state index < -0.39 is 0 Å². The van der Waals surface area contributed by atoms with Gasteiger partial charge in [0.25, 0.3) is 0 Å². The Hall–Kier alpha value is -2.28. The smallest absolute Gasteiger partial charge is 0.0491 e. The second kappa shape index (κ2) is 12.5. The maximum atomic E-state index is 3.95. The van der Waals surface area contributed by atoms with Crippen LogP contribution in [0, 0.1) is 0 Å². The summed E-state index contributed by atoms with van der Waals surface area (Å²) in [6, 6.07) is 13.4. The molecule has 0 aliphatic carbocycles. The topological polar surface area (TPSA) is 4.93 Å². The van der Waals surface area contributed by atoms with Gasteiger partial charge in [-0.2, -0.15) is 0 Å². The number of hydrogen-bond acceptors (Lipinski definition) is 0. The van der Waals surface area contributed by atoms with E-state index in [-0.39, 0.29) is 0 Å². The van der Waals surface area contributed by atoms with Crippen molar-refractivity contribution in [2.24, 2.45) is 0 Å². The van der Waals surface area contributed by atoms with Crippen LogP contribution in [0.15, 0.2) is 49.6 Å². The average molecular weight is 416 g/mol. The lowest BCUT2D eigenvalue weighted by Crippen LogP contribution is -1.98. The highest BCUT2D eigenvalue weighted by Gasteiger charge is 2.11. The third-order valence-electron chi connectivity index (χ3n) is 6.62. The minimum atomic E-state index is 1.10. The summed E-state index contributed by atoms with van der Waals surface area (Å²) in [5, 5.41) is 2.66. The molecule has 166 valence electrons. The van der Waals surface area contributed by atoms with Gasteiger partial charge >= 0.3 is 0 Å². The normalized spacial score (nSPS) is 11.4. The first-order valence-corrected chi connectivity index (χ1v) is 12.6. The zero-order valence-corrected chi connectivity index (χ0v) is 19.7. The van der Waals surface area contributed by atoms with Gasteiger partial charge in [0.2, 0.25) is 0 Å². The van der Waals surface area contributed by atoms with Crippen molar-refractivity contribution in [2.45, 2.75) is 90.5 Å². The van der Waals surface area contributed by atoms with Gasteiger partial charge in [-0.25, -0.2) is 0 Å². The Labute approximate surface area is 189 Å². The fraction of sp³-hybridized carbons (Fsp3) is 0.467. The SMILES string of the molecule is C=Cc1ccc2c(c1)c1cc(C=C)ccc1n2CCCCCCCCCCCCCC. The summed E-state index contributed by atoms with van der Waals surface area (Å²) in [5.74, 6) is 0. The summed E-state index contributed by atoms with van der Waals surface area (Å²) >= 11 is 0. The van der Waals surface area contributed by atoms with Gasteiger partial charge in [-0.1, -0.05) is 115 Å². The molecule has 0 fully saturated rings. The zero-order chi connectivity index (χ0) is 21.9. The third-order valence-corrected chi connectivity index (χ3v) is 6.62. The monoisotopic (exact) mass is 415 g/mol. The van der Waals surface area contributed by atoms with E-state index in [1.807, 2.05) is 12.2 Å². The molecule has 31 heavy (non-hydrogen) atoms. The minimum Gasteiger partial charge on any atom is -0.340 e. The van der Waals surface area contributed by atoms with Crippen LogP contribution in [0.5, 0.6) is 0 Å². The zero-order valence-electron chi connectivity index (χ0n) is 19.7. The molecule has 3 aromatic rings. The van der Waals surface area contributed by atoms with Gasteiger partial charge in [-0.15, -0.1) is 0 Å². The molecule has 0 aliphatic heterocycles. The number of benzene rings is 2. The molecular weight excluding hydrogens is 374 g/mol. The molecule has 3 rings (SSSR count). The second-order valence-corrected chi connectivity index (χ2v) is 9.00. The molecular formula is C30H41N. The molecule has 0 unspecified atom stereocenters. The van der Waals surface area contributed by atoms with Gasteiger partial charge in [-0.3, -0.25) is 0 Å². The van der Waals surface area contributed by atoms with Crippen molar-refractivity contribution in [3.63, 3.8) is 0 Å². The van der Waals surface area contributed by atoms with Gasteiger partial charge in [0.15, 0.2) is 0 Å². The Bertz CT molecular complexity index is 910. The predicted octanol–water partition coefficient (Wildman–Crippen LogP) is 9.78. The van der Waals surface area contributed by atoms with Gasteiger partial charge in [0.1, 0.15) is 0 Å². The summed E-state index contributed by atoms with van der Waals surface area (Å²) in [5.41, 5.74) is 5.04. The highest BCUT2D eigenvalue weighted by molar-refractivity contribution is 6.09. The maximum absolute atomic E-state index is 3.95. The Balaban J connectivity index is 1.51. The molecule has 2 aromatic carbocycles. The summed E-state index contributed by atoms with van der Waals surface area (Å²) < 4.78 is 2.51. The van der Waals surface area contributed by atoms with Crippen molar-refractivity contribution < 1.29 is 0 Å². The van der Waals surface area contributed by atoms with Gasteiger partial charge < -0.3 is 4.57 Å². The van der Waals surface area contributed by atoms with Crippen molar-refractivity contribution in [1.82, 2.24) is 4.57 Å². The number of aryl methyl sites for hydroxylation is 1. The summed E-state index contributed by atoms with van der Waals surface area (Å²) in [6.45, 7) is 11.3. The van der Waals surface area contributed by atoms with Crippen molar-refractivity contribution >= 4 is 34.0 Å². The molecule has 0 bridgehead atoms. The Morgan fingerprint density at radius 2 is 1.03 bits per heavy atom. The van der Waals surface area contributed by atoms with Crippen LogP contribution in [-0.2, 0) is 6.54 Å². The molecule has 0 saturated heterocycles. The first-order valence-electron chi connectivity index (χ1n) is 12.6. The van der Waals surface area contributed by atoms with Crippen LogP contribution in [0.3, 0.4) is 0 Å². The van der Waals surface area contributed by atoms with Gasteiger partial charge in [-0.05, 0) is 41.8 Å². The second-order valence-electron chi connectivity index (χ2n) is 9.00. The molecule has 0 amide bonds. The lowest BCUT2D eigenvalue weighted by Gasteiger charge is -2.08. The lowest BCUT2D eigenvalue weighted by molar-refractivity contribution is 0.533. The van der Waals surface area contributed by atoms with Crippen molar-refractivity contribution in [2.75, 3.05) is 0 Å². The molecule has 0 atom stereocenters. The number of hydrogen-bond donors (Lipinski definition) is 0. The number of fused-ring (bicyclic) bond motifs is 3. The van der Waals surface area contributed by atoms with Crippen LogP contribution in [0.1, 0.15) is 95.1 Å². The minimum absolute atomic E-state index is 1.10. The van der Waals surface area contributed by atoms with Crippen LogP contribution >= 0.6 is 0 Å². The standard InChI is InChI=1S/C30H41N/c1-4-7-8-9-10-11-12-13-14-15-16-17-22-31-29-20-18-25(5-2)23-27(29)28-24-26(6-3)19-21-30(28)31/h5-6,18-21,23-24H,2-4,7-17,22H2,1H3. The summed E-state index contributed by atoms with van der Waals surface area (Å²) in [7, 11) is 0. The lowest BCUT2D eigenvalue weighted by atomic mass is 10.1. The van der Waals surface area contributed by atoms with Crippen LogP contribution in [0.4, 0.5) is 0 Å². The first kappa shape index (κ1) is 23.4. The van der Waals surface area contributed by atoms with E-state index in [1.54, 1.807) is 0 Å². The number of aromatic nitrogens is 1. The molecule has 1 aromatic heterocycles. The number of nitrogens with zero attached hydrogens (tertiary/aromatic N) is 1. The quantitative estimate of drug-likeness (QED) is 0.218. The molecule has 1 nitrogen and oxygen atoms in total. The Morgan fingerprint density at radius 1 is 0.613 bits per heavy atom. The van der Waals surface area contributed by atoms with Crippen molar-refractivity contribution in [1.29, 1.82) is 0 Å². The van der Waals surface area contributed by atoms with E-state index in [0.717, 1.165) is 6.54 Å². The van der Waals surface area contributed by atoms with E-state index in [1.165, 1.54) is 110 Å². The van der Waals surface area contributed by atoms with E-state index in [0.29, 0.717) is 0 Å². The van der Waals surface area contributed by atoms with Crippen molar-refractivity contribution in [3.8, 4) is 0 Å².